The van der Waals surface area contributed by atoms with Crippen LogP contribution in [0.3, 0.4) is 0 Å². The number of hydrogen-bond acceptors (Lipinski definition) is 2. The second-order valence-corrected chi connectivity index (χ2v) is 3.31. The highest BCUT2D eigenvalue weighted by molar-refractivity contribution is 5.76. The second-order valence-electron chi connectivity index (χ2n) is 3.31. The molecular weight excluding hydrogens is 166 g/mol. The molecule has 0 radical (unpaired) electrons. The second kappa shape index (κ2) is 2.73. The molecule has 0 spiro atoms. The maximum Gasteiger partial charge on any atom is 0.259 e. The highest BCUT2D eigenvalue weighted by atomic mass is 16.1. The van der Waals surface area contributed by atoms with Crippen LogP contribution in [0.1, 0.15) is 19.9 Å². The third kappa shape index (κ3) is 1.24. The van der Waals surface area contributed by atoms with E-state index in [2.05, 4.69) is 10.1 Å². The van der Waals surface area contributed by atoms with Crippen molar-refractivity contribution in [3.8, 4) is 0 Å². The van der Waals surface area contributed by atoms with Crippen molar-refractivity contribution in [3.05, 3.63) is 28.8 Å². The molecule has 0 fully saturated rings. The average molecular weight is 177 g/mol. The lowest BCUT2D eigenvalue weighted by Gasteiger charge is -2.02. The van der Waals surface area contributed by atoms with Crippen LogP contribution in [-0.4, -0.2) is 14.8 Å². The molecule has 0 saturated heterocycles. The first-order valence-corrected chi connectivity index (χ1v) is 4.25. The smallest absolute Gasteiger partial charge is 0.259 e. The fourth-order valence-corrected chi connectivity index (χ4v) is 1.24. The van der Waals surface area contributed by atoms with Gasteiger partial charge in [0.15, 0.2) is 0 Å². The van der Waals surface area contributed by atoms with Crippen LogP contribution in [0, 0.1) is 0 Å². The minimum atomic E-state index is -0.0793. The van der Waals surface area contributed by atoms with Crippen molar-refractivity contribution in [1.82, 2.24) is 14.8 Å². The predicted octanol–water partition coefficient (Wildman–Crippen LogP) is 1.31. The SMILES string of the molecule is CC(C)n1cc2c(=O)[nH]ccc2n1. The number of aromatic nitrogens is 3. The lowest BCUT2D eigenvalue weighted by Crippen LogP contribution is -2.02. The first kappa shape index (κ1) is 8.04. The summed E-state index contributed by atoms with van der Waals surface area (Å²) < 4.78 is 1.79. The maximum absolute atomic E-state index is 11.3. The molecule has 0 amide bonds. The topological polar surface area (TPSA) is 50.7 Å². The van der Waals surface area contributed by atoms with E-state index in [0.717, 1.165) is 5.52 Å². The quantitative estimate of drug-likeness (QED) is 0.713. The van der Waals surface area contributed by atoms with Gasteiger partial charge >= 0.3 is 0 Å². The Morgan fingerprint density at radius 3 is 2.92 bits per heavy atom. The monoisotopic (exact) mass is 177 g/mol. The minimum absolute atomic E-state index is 0.0793. The predicted molar refractivity (Wildman–Crippen MR) is 50.7 cm³/mol. The Bertz CT molecular complexity index is 481. The summed E-state index contributed by atoms with van der Waals surface area (Å²) in [6.45, 7) is 4.06. The van der Waals surface area contributed by atoms with Crippen LogP contribution in [0.25, 0.3) is 10.9 Å². The van der Waals surface area contributed by atoms with Crippen molar-refractivity contribution in [2.45, 2.75) is 19.9 Å². The van der Waals surface area contributed by atoms with Crippen LogP contribution in [0.15, 0.2) is 23.3 Å². The molecule has 0 atom stereocenters. The van der Waals surface area contributed by atoms with E-state index in [1.54, 1.807) is 23.1 Å². The first-order valence-electron chi connectivity index (χ1n) is 4.25. The fraction of sp³-hybridized carbons (Fsp3) is 0.333. The van der Waals surface area contributed by atoms with E-state index in [9.17, 15) is 4.79 Å². The van der Waals surface area contributed by atoms with Gasteiger partial charge in [-0.3, -0.25) is 9.48 Å². The number of hydrogen-bond donors (Lipinski definition) is 1. The Hall–Kier alpha value is -1.58. The molecule has 1 N–H and O–H groups in total. The Balaban J connectivity index is 2.76. The molecule has 2 rings (SSSR count). The molecule has 0 aliphatic heterocycles. The Kier molecular flexibility index (Phi) is 1.69. The molecule has 0 aliphatic rings. The van der Waals surface area contributed by atoms with Crippen LogP contribution in [0.4, 0.5) is 0 Å². The van der Waals surface area contributed by atoms with E-state index >= 15 is 0 Å². The largest absolute Gasteiger partial charge is 0.328 e. The standard InChI is InChI=1S/C9H11N3O/c1-6(2)12-5-7-8(11-12)3-4-10-9(7)13/h3-6H,1-2H3,(H,10,13). The van der Waals surface area contributed by atoms with Gasteiger partial charge in [0.2, 0.25) is 0 Å². The zero-order chi connectivity index (χ0) is 9.42. The van der Waals surface area contributed by atoms with Gasteiger partial charge in [-0.2, -0.15) is 5.10 Å². The van der Waals surface area contributed by atoms with Crippen molar-refractivity contribution in [2.75, 3.05) is 0 Å². The normalized spacial score (nSPS) is 11.3. The fourth-order valence-electron chi connectivity index (χ4n) is 1.24. The minimum Gasteiger partial charge on any atom is -0.328 e. The molecule has 2 aromatic rings. The molecule has 0 bridgehead atoms. The van der Waals surface area contributed by atoms with Gasteiger partial charge in [0, 0.05) is 18.4 Å². The number of nitrogens with zero attached hydrogens (tertiary/aromatic N) is 2. The molecule has 4 nitrogen and oxygen atoms in total. The lowest BCUT2D eigenvalue weighted by molar-refractivity contribution is 0.537. The summed E-state index contributed by atoms with van der Waals surface area (Å²) in [4.78, 5) is 13.9. The molecule has 0 saturated carbocycles. The molecule has 0 aromatic carbocycles. The summed E-state index contributed by atoms with van der Waals surface area (Å²) in [7, 11) is 0. The Labute approximate surface area is 75.2 Å². The summed E-state index contributed by atoms with van der Waals surface area (Å²) in [5.74, 6) is 0. The van der Waals surface area contributed by atoms with Gasteiger partial charge in [-0.25, -0.2) is 0 Å². The van der Waals surface area contributed by atoms with E-state index in [4.69, 9.17) is 0 Å². The van der Waals surface area contributed by atoms with Crippen molar-refractivity contribution in [3.63, 3.8) is 0 Å². The van der Waals surface area contributed by atoms with E-state index in [0.29, 0.717) is 5.39 Å². The zero-order valence-electron chi connectivity index (χ0n) is 7.61. The third-order valence-corrected chi connectivity index (χ3v) is 1.99. The van der Waals surface area contributed by atoms with Crippen LogP contribution in [0.2, 0.25) is 0 Å². The van der Waals surface area contributed by atoms with E-state index in [-0.39, 0.29) is 11.6 Å². The van der Waals surface area contributed by atoms with Gasteiger partial charge in [0.25, 0.3) is 5.56 Å². The van der Waals surface area contributed by atoms with Crippen molar-refractivity contribution in [1.29, 1.82) is 0 Å². The summed E-state index contributed by atoms with van der Waals surface area (Å²) in [6.07, 6.45) is 3.39. The van der Waals surface area contributed by atoms with Crippen molar-refractivity contribution in [2.24, 2.45) is 0 Å². The van der Waals surface area contributed by atoms with E-state index in [1.807, 2.05) is 13.8 Å². The first-order chi connectivity index (χ1) is 6.18. The summed E-state index contributed by atoms with van der Waals surface area (Å²) in [6, 6.07) is 2.09. The summed E-state index contributed by atoms with van der Waals surface area (Å²) >= 11 is 0. The highest BCUT2D eigenvalue weighted by Crippen LogP contribution is 2.09. The van der Waals surface area contributed by atoms with E-state index in [1.165, 1.54) is 0 Å². The van der Waals surface area contributed by atoms with Gasteiger partial charge in [0.1, 0.15) is 0 Å². The van der Waals surface area contributed by atoms with E-state index < -0.39 is 0 Å². The molecule has 68 valence electrons. The Morgan fingerprint density at radius 1 is 1.54 bits per heavy atom. The molecular formula is C9H11N3O. The zero-order valence-corrected chi connectivity index (χ0v) is 7.61. The van der Waals surface area contributed by atoms with Gasteiger partial charge in [-0.05, 0) is 19.9 Å². The summed E-state index contributed by atoms with van der Waals surface area (Å²) in [5, 5.41) is 4.92. The number of aromatic amines is 1. The lowest BCUT2D eigenvalue weighted by atomic mass is 10.3. The van der Waals surface area contributed by atoms with Crippen LogP contribution < -0.4 is 5.56 Å². The number of rotatable bonds is 1. The maximum atomic E-state index is 11.3. The number of nitrogens with one attached hydrogen (secondary N) is 1. The van der Waals surface area contributed by atoms with Crippen molar-refractivity contribution >= 4 is 10.9 Å². The van der Waals surface area contributed by atoms with Crippen molar-refractivity contribution < 1.29 is 0 Å². The molecule has 2 aromatic heterocycles. The number of fused-ring (bicyclic) bond motifs is 1. The Morgan fingerprint density at radius 2 is 2.31 bits per heavy atom. The van der Waals surface area contributed by atoms with Gasteiger partial charge in [0.05, 0.1) is 10.9 Å². The number of H-pyrrole nitrogens is 1. The third-order valence-electron chi connectivity index (χ3n) is 1.99. The highest BCUT2D eigenvalue weighted by Gasteiger charge is 2.04. The van der Waals surface area contributed by atoms with Gasteiger partial charge in [-0.1, -0.05) is 0 Å². The van der Waals surface area contributed by atoms with Gasteiger partial charge in [-0.15, -0.1) is 0 Å². The molecule has 13 heavy (non-hydrogen) atoms. The summed E-state index contributed by atoms with van der Waals surface area (Å²) in [5.41, 5.74) is 0.668. The molecule has 4 heteroatoms. The average Bonchev–Trinajstić information content (AvgIpc) is 2.49. The van der Waals surface area contributed by atoms with Crippen LogP contribution in [0.5, 0.6) is 0 Å². The van der Waals surface area contributed by atoms with Gasteiger partial charge < -0.3 is 4.98 Å². The molecule has 0 unspecified atom stereocenters. The number of pyridine rings is 1. The van der Waals surface area contributed by atoms with Crippen LogP contribution >= 0.6 is 0 Å². The molecule has 2 heterocycles. The van der Waals surface area contributed by atoms with Crippen LogP contribution in [-0.2, 0) is 0 Å². The molecule has 0 aliphatic carbocycles.